The van der Waals surface area contributed by atoms with Crippen molar-refractivity contribution in [2.75, 3.05) is 24.7 Å². The molecule has 3 aromatic rings. The summed E-state index contributed by atoms with van der Waals surface area (Å²) >= 11 is 0. The van der Waals surface area contributed by atoms with Crippen LogP contribution in [-0.2, 0) is 13.5 Å². The fourth-order valence-corrected chi connectivity index (χ4v) is 4.52. The minimum atomic E-state index is -0.687. The molecular formula is C24H30N6O4. The van der Waals surface area contributed by atoms with Crippen molar-refractivity contribution in [3.05, 3.63) is 55.9 Å². The predicted molar refractivity (Wildman–Crippen MR) is 129 cm³/mol. The summed E-state index contributed by atoms with van der Waals surface area (Å²) in [6.45, 7) is 4.22. The number of nitrogens with one attached hydrogen (secondary N) is 2. The van der Waals surface area contributed by atoms with E-state index in [4.69, 9.17) is 0 Å². The molecule has 1 fully saturated rings. The van der Waals surface area contributed by atoms with Crippen molar-refractivity contribution in [1.82, 2.24) is 19.7 Å². The Morgan fingerprint density at radius 2 is 1.94 bits per heavy atom. The molecule has 180 valence electrons. The van der Waals surface area contributed by atoms with Crippen molar-refractivity contribution in [2.24, 2.45) is 12.5 Å². The maximum atomic E-state index is 12.6. The molecule has 2 aromatic heterocycles. The maximum Gasteiger partial charge on any atom is 0.275 e. The van der Waals surface area contributed by atoms with Gasteiger partial charge in [-0.3, -0.25) is 19.1 Å². The number of rotatable bonds is 8. The van der Waals surface area contributed by atoms with Gasteiger partial charge in [0.2, 0.25) is 0 Å². The summed E-state index contributed by atoms with van der Waals surface area (Å²) < 4.78 is 1.77. The van der Waals surface area contributed by atoms with Crippen molar-refractivity contribution < 1.29 is 9.90 Å². The van der Waals surface area contributed by atoms with Crippen molar-refractivity contribution in [3.8, 4) is 5.75 Å². The molecule has 10 heteroatoms. The molecule has 4 rings (SSSR count). The summed E-state index contributed by atoms with van der Waals surface area (Å²) in [5.41, 5.74) is 0.717. The van der Waals surface area contributed by atoms with Crippen LogP contribution >= 0.6 is 0 Å². The lowest BCUT2D eigenvalue weighted by atomic mass is 9.64. The Bertz CT molecular complexity index is 1310. The molecule has 1 amide bonds. The van der Waals surface area contributed by atoms with Gasteiger partial charge in [0, 0.05) is 33.5 Å². The summed E-state index contributed by atoms with van der Waals surface area (Å²) in [6, 6.07) is 1.19. The van der Waals surface area contributed by atoms with Gasteiger partial charge in [0.15, 0.2) is 11.4 Å². The van der Waals surface area contributed by atoms with Gasteiger partial charge in [-0.15, -0.1) is 0 Å². The van der Waals surface area contributed by atoms with E-state index >= 15 is 0 Å². The molecule has 0 bridgehead atoms. The average Bonchev–Trinajstić information content (AvgIpc) is 3.17. The summed E-state index contributed by atoms with van der Waals surface area (Å²) in [5.74, 6) is -0.870. The average molecular weight is 467 g/mol. The second-order valence-electron chi connectivity index (χ2n) is 9.44. The normalized spacial score (nSPS) is 15.6. The minimum Gasteiger partial charge on any atom is -0.504 e. The zero-order chi connectivity index (χ0) is 24.8. The molecule has 1 atom stereocenters. The summed E-state index contributed by atoms with van der Waals surface area (Å²) in [7, 11) is 4.96. The van der Waals surface area contributed by atoms with E-state index in [1.54, 1.807) is 18.8 Å². The first-order valence-electron chi connectivity index (χ1n) is 11.4. The van der Waals surface area contributed by atoms with Crippen LogP contribution in [0.15, 0.2) is 28.0 Å². The first-order chi connectivity index (χ1) is 16.1. The number of aromatic hydroxyl groups is 1. The molecule has 3 N–H and O–H groups in total. The Kier molecular flexibility index (Phi) is 5.93. The van der Waals surface area contributed by atoms with Crippen LogP contribution in [-0.4, -0.2) is 44.8 Å². The van der Waals surface area contributed by atoms with Crippen LogP contribution < -0.4 is 21.5 Å². The van der Waals surface area contributed by atoms with E-state index in [-0.39, 0.29) is 40.0 Å². The second kappa shape index (κ2) is 8.58. The summed E-state index contributed by atoms with van der Waals surface area (Å²) in [4.78, 5) is 42.6. The highest BCUT2D eigenvalue weighted by molar-refractivity contribution is 5.97. The van der Waals surface area contributed by atoms with Gasteiger partial charge in [-0.1, -0.05) is 20.3 Å². The number of pyridine rings is 1. The lowest BCUT2D eigenvalue weighted by Gasteiger charge is -2.45. The van der Waals surface area contributed by atoms with Gasteiger partial charge >= 0.3 is 0 Å². The van der Waals surface area contributed by atoms with Crippen LogP contribution in [0, 0.1) is 5.41 Å². The molecule has 1 saturated carbocycles. The largest absolute Gasteiger partial charge is 0.504 e. The summed E-state index contributed by atoms with van der Waals surface area (Å²) in [6.07, 6.45) is 7.17. The van der Waals surface area contributed by atoms with Crippen molar-refractivity contribution in [3.63, 3.8) is 0 Å². The number of hydrogen-bond acceptors (Lipinski definition) is 8. The van der Waals surface area contributed by atoms with Gasteiger partial charge in [-0.05, 0) is 36.3 Å². The first-order valence-corrected chi connectivity index (χ1v) is 11.4. The quantitative estimate of drug-likeness (QED) is 0.432. The highest BCUT2D eigenvalue weighted by Gasteiger charge is 2.44. The number of hydrogen-bond donors (Lipinski definition) is 3. The van der Waals surface area contributed by atoms with Gasteiger partial charge in [-0.25, -0.2) is 4.98 Å². The molecule has 1 aromatic carbocycles. The second-order valence-corrected chi connectivity index (χ2v) is 9.44. The molecule has 1 aliphatic carbocycles. The van der Waals surface area contributed by atoms with Crippen LogP contribution in [0.1, 0.15) is 60.9 Å². The highest BCUT2D eigenvalue weighted by Crippen LogP contribution is 2.51. The van der Waals surface area contributed by atoms with Gasteiger partial charge in [-0.2, -0.15) is 5.10 Å². The molecular weight excluding hydrogens is 436 g/mol. The number of anilines is 3. The molecule has 2 heterocycles. The molecule has 1 aliphatic rings. The van der Waals surface area contributed by atoms with Crippen molar-refractivity contribution >= 4 is 23.0 Å². The van der Waals surface area contributed by atoms with Crippen LogP contribution in [0.5, 0.6) is 5.75 Å². The molecule has 34 heavy (non-hydrogen) atoms. The standard InChI is InChI=1S/C24H30N6O4/c1-6-13-12-30(5)28-15(13)22(24(2)9-7-10-24)27-17-16(20(32)21(17)33)26-14-8-11-25-18(19(14)31)23(34)29(3)4/h8,11-12,22,27,31H,6-7,9-10H2,1-5H3,(H,25,26)/t22-/m0/s1. The zero-order valence-corrected chi connectivity index (χ0v) is 20.1. The molecule has 0 radical (unpaired) electrons. The minimum absolute atomic E-state index is 0.0525. The van der Waals surface area contributed by atoms with Crippen LogP contribution in [0.4, 0.5) is 17.1 Å². The number of carbonyl (C=O) groups is 1. The van der Waals surface area contributed by atoms with Crippen LogP contribution in [0.2, 0.25) is 0 Å². The van der Waals surface area contributed by atoms with E-state index in [0.717, 1.165) is 36.9 Å². The molecule has 0 unspecified atom stereocenters. The Hall–Kier alpha value is -3.69. The lowest BCUT2D eigenvalue weighted by Crippen LogP contribution is -2.43. The van der Waals surface area contributed by atoms with Gasteiger partial charge < -0.3 is 20.6 Å². The van der Waals surface area contributed by atoms with E-state index in [0.29, 0.717) is 0 Å². The van der Waals surface area contributed by atoms with Gasteiger partial charge in [0.25, 0.3) is 16.8 Å². The lowest BCUT2D eigenvalue weighted by molar-refractivity contribution is 0.0819. The molecule has 0 spiro atoms. The summed E-state index contributed by atoms with van der Waals surface area (Å²) in [5, 5.41) is 21.5. The van der Waals surface area contributed by atoms with Crippen LogP contribution in [0.3, 0.4) is 0 Å². The number of amides is 1. The van der Waals surface area contributed by atoms with E-state index in [1.807, 2.05) is 13.2 Å². The van der Waals surface area contributed by atoms with Crippen LogP contribution in [0.25, 0.3) is 0 Å². The van der Waals surface area contributed by atoms with Gasteiger partial charge in [0.05, 0.1) is 17.4 Å². The van der Waals surface area contributed by atoms with Gasteiger partial charge in [0.1, 0.15) is 11.4 Å². The number of aromatic nitrogens is 3. The monoisotopic (exact) mass is 466 g/mol. The SMILES string of the molecule is CCc1cn(C)nc1[C@H](Nc1c(Nc2ccnc(C(=O)N(C)C)c2O)c(=O)c1=O)C1(C)CCC1. The van der Waals surface area contributed by atoms with E-state index in [2.05, 4.69) is 34.6 Å². The first kappa shape index (κ1) is 23.5. The van der Waals surface area contributed by atoms with Crippen molar-refractivity contribution in [1.29, 1.82) is 0 Å². The molecule has 10 nitrogen and oxygen atoms in total. The predicted octanol–water partition coefficient (Wildman–Crippen LogP) is 2.47. The number of aryl methyl sites for hydroxylation is 2. The topological polar surface area (TPSA) is 129 Å². The number of nitrogens with zero attached hydrogens (tertiary/aromatic N) is 4. The molecule has 0 aliphatic heterocycles. The Balaban J connectivity index is 1.70. The third-order valence-electron chi connectivity index (χ3n) is 6.78. The third kappa shape index (κ3) is 3.82. The Morgan fingerprint density at radius 1 is 1.26 bits per heavy atom. The van der Waals surface area contributed by atoms with Crippen molar-refractivity contribution in [2.45, 2.75) is 45.6 Å². The Morgan fingerprint density at radius 3 is 2.53 bits per heavy atom. The van der Waals surface area contributed by atoms with E-state index in [9.17, 15) is 19.5 Å². The fraction of sp³-hybridized carbons (Fsp3) is 0.458. The molecule has 0 saturated heterocycles. The maximum absolute atomic E-state index is 12.6. The zero-order valence-electron chi connectivity index (χ0n) is 20.1. The number of carbonyl (C=O) groups excluding carboxylic acids is 1. The van der Waals surface area contributed by atoms with E-state index in [1.165, 1.54) is 17.2 Å². The Labute approximate surface area is 197 Å². The fourth-order valence-electron chi connectivity index (χ4n) is 4.52. The third-order valence-corrected chi connectivity index (χ3v) is 6.78. The highest BCUT2D eigenvalue weighted by atomic mass is 16.3. The smallest absolute Gasteiger partial charge is 0.275 e. The van der Waals surface area contributed by atoms with E-state index < -0.39 is 16.8 Å².